The van der Waals surface area contributed by atoms with Crippen LogP contribution in [-0.4, -0.2) is 56.7 Å². The van der Waals surface area contributed by atoms with Gasteiger partial charge in [0.1, 0.15) is 5.75 Å². The first-order chi connectivity index (χ1) is 13.7. The number of carbonyl (C=O) groups is 1. The highest BCUT2D eigenvalue weighted by atomic mass is 16.5. The van der Waals surface area contributed by atoms with Crippen LogP contribution in [-0.2, 0) is 0 Å². The average Bonchev–Trinajstić information content (AvgIpc) is 2.72. The Hall–Kier alpha value is -2.53. The number of anilines is 1. The van der Waals surface area contributed by atoms with Crippen LogP contribution < -0.4 is 15.0 Å². The van der Waals surface area contributed by atoms with Gasteiger partial charge in [0, 0.05) is 44.0 Å². The maximum absolute atomic E-state index is 12.2. The molecule has 3 rings (SSSR count). The van der Waals surface area contributed by atoms with Gasteiger partial charge in [0.15, 0.2) is 0 Å². The summed E-state index contributed by atoms with van der Waals surface area (Å²) in [6, 6.07) is 16.0. The number of hydrogen-bond donors (Lipinski definition) is 1. The van der Waals surface area contributed by atoms with Gasteiger partial charge >= 0.3 is 0 Å². The number of nitrogens with zero attached hydrogens (tertiary/aromatic N) is 2. The van der Waals surface area contributed by atoms with E-state index < -0.39 is 0 Å². The van der Waals surface area contributed by atoms with Crippen LogP contribution in [0, 0.1) is 6.92 Å². The summed E-state index contributed by atoms with van der Waals surface area (Å²) in [5.74, 6) is 0.774. The molecule has 0 bridgehead atoms. The van der Waals surface area contributed by atoms with Gasteiger partial charge < -0.3 is 15.0 Å². The normalized spacial score (nSPS) is 14.7. The molecule has 1 N–H and O–H groups in total. The van der Waals surface area contributed by atoms with E-state index in [0.29, 0.717) is 18.7 Å². The fraction of sp³-hybridized carbons (Fsp3) is 0.435. The molecule has 1 aliphatic heterocycles. The highest BCUT2D eigenvalue weighted by Crippen LogP contribution is 2.17. The lowest BCUT2D eigenvalue weighted by Gasteiger charge is -2.36. The topological polar surface area (TPSA) is 44.8 Å². The molecule has 28 heavy (non-hydrogen) atoms. The average molecular weight is 382 g/mol. The van der Waals surface area contributed by atoms with E-state index in [0.717, 1.165) is 44.9 Å². The van der Waals surface area contributed by atoms with Crippen molar-refractivity contribution < 1.29 is 9.53 Å². The Kier molecular flexibility index (Phi) is 7.31. The molecule has 0 aliphatic carbocycles. The van der Waals surface area contributed by atoms with Gasteiger partial charge in [0.05, 0.1) is 6.61 Å². The van der Waals surface area contributed by atoms with Gasteiger partial charge in [-0.25, -0.2) is 0 Å². The second-order valence-electron chi connectivity index (χ2n) is 7.23. The van der Waals surface area contributed by atoms with Crippen molar-refractivity contribution in [2.45, 2.75) is 20.3 Å². The summed E-state index contributed by atoms with van der Waals surface area (Å²) in [5, 5.41) is 3.01. The number of hydrogen-bond acceptors (Lipinski definition) is 4. The Morgan fingerprint density at radius 1 is 1.07 bits per heavy atom. The van der Waals surface area contributed by atoms with Crippen molar-refractivity contribution in [3.63, 3.8) is 0 Å². The standard InChI is InChI=1S/C23H31N3O2/c1-3-28-22-10-8-20(9-11-22)23(27)24-12-5-13-25-14-16-26(17-15-25)21-7-4-6-19(2)18-21/h4,6-11,18H,3,5,12-17H2,1-2H3,(H,24,27). The van der Waals surface area contributed by atoms with Crippen LogP contribution in [0.15, 0.2) is 48.5 Å². The zero-order valence-electron chi connectivity index (χ0n) is 17.0. The molecule has 2 aromatic rings. The van der Waals surface area contributed by atoms with Gasteiger partial charge in [-0.1, -0.05) is 12.1 Å². The number of ether oxygens (including phenoxy) is 1. The number of nitrogens with one attached hydrogen (secondary N) is 1. The molecule has 0 saturated carbocycles. The highest BCUT2D eigenvalue weighted by molar-refractivity contribution is 5.94. The summed E-state index contributed by atoms with van der Waals surface area (Å²) in [6.07, 6.45) is 0.965. The van der Waals surface area contributed by atoms with E-state index in [4.69, 9.17) is 4.74 Å². The second-order valence-corrected chi connectivity index (χ2v) is 7.23. The predicted molar refractivity (Wildman–Crippen MR) is 114 cm³/mol. The van der Waals surface area contributed by atoms with Crippen LogP contribution in [0.3, 0.4) is 0 Å². The van der Waals surface area contributed by atoms with Crippen LogP contribution in [0.25, 0.3) is 0 Å². The smallest absolute Gasteiger partial charge is 0.251 e. The highest BCUT2D eigenvalue weighted by Gasteiger charge is 2.16. The third kappa shape index (κ3) is 5.73. The van der Waals surface area contributed by atoms with E-state index in [1.54, 1.807) is 0 Å². The Bertz CT molecular complexity index is 753. The van der Waals surface area contributed by atoms with E-state index in [1.807, 2.05) is 31.2 Å². The summed E-state index contributed by atoms with van der Waals surface area (Å²) < 4.78 is 5.41. The summed E-state index contributed by atoms with van der Waals surface area (Å²) in [6.45, 7) is 10.7. The number of piperazine rings is 1. The van der Waals surface area contributed by atoms with Gasteiger partial charge in [-0.05, 0) is 68.8 Å². The lowest BCUT2D eigenvalue weighted by atomic mass is 10.2. The number of benzene rings is 2. The molecule has 1 saturated heterocycles. The van der Waals surface area contributed by atoms with Crippen LogP contribution in [0.2, 0.25) is 0 Å². The first-order valence-electron chi connectivity index (χ1n) is 10.2. The Morgan fingerprint density at radius 3 is 2.50 bits per heavy atom. The summed E-state index contributed by atoms with van der Waals surface area (Å²) in [4.78, 5) is 17.2. The van der Waals surface area contributed by atoms with E-state index in [2.05, 4.69) is 46.3 Å². The van der Waals surface area contributed by atoms with Crippen LogP contribution >= 0.6 is 0 Å². The molecule has 1 heterocycles. The van der Waals surface area contributed by atoms with Crippen molar-refractivity contribution in [1.29, 1.82) is 0 Å². The van der Waals surface area contributed by atoms with E-state index >= 15 is 0 Å². The maximum atomic E-state index is 12.2. The molecule has 0 unspecified atom stereocenters. The molecule has 0 aromatic heterocycles. The molecular formula is C23H31N3O2. The molecule has 1 fully saturated rings. The van der Waals surface area contributed by atoms with E-state index in [9.17, 15) is 4.79 Å². The van der Waals surface area contributed by atoms with E-state index in [-0.39, 0.29) is 5.91 Å². The molecule has 150 valence electrons. The molecule has 1 amide bonds. The molecule has 1 aliphatic rings. The van der Waals surface area contributed by atoms with Gasteiger partial charge in [-0.15, -0.1) is 0 Å². The number of carbonyl (C=O) groups excluding carboxylic acids is 1. The quantitative estimate of drug-likeness (QED) is 0.713. The maximum Gasteiger partial charge on any atom is 0.251 e. The van der Waals surface area contributed by atoms with Crippen LogP contribution in [0.5, 0.6) is 5.75 Å². The molecule has 0 spiro atoms. The molecule has 5 nitrogen and oxygen atoms in total. The van der Waals surface area contributed by atoms with Crippen LogP contribution in [0.4, 0.5) is 5.69 Å². The Labute approximate surface area is 168 Å². The molecule has 5 heteroatoms. The van der Waals surface area contributed by atoms with Crippen molar-refractivity contribution in [2.24, 2.45) is 0 Å². The molecule has 0 atom stereocenters. The van der Waals surface area contributed by atoms with E-state index in [1.165, 1.54) is 11.3 Å². The van der Waals surface area contributed by atoms with Crippen molar-refractivity contribution >= 4 is 11.6 Å². The summed E-state index contributed by atoms with van der Waals surface area (Å²) in [7, 11) is 0. The lowest BCUT2D eigenvalue weighted by Crippen LogP contribution is -2.47. The SMILES string of the molecule is CCOc1ccc(C(=O)NCCCN2CCN(c3cccc(C)c3)CC2)cc1. The molecular weight excluding hydrogens is 350 g/mol. The van der Waals surface area contributed by atoms with Crippen molar-refractivity contribution in [2.75, 3.05) is 50.8 Å². The largest absolute Gasteiger partial charge is 0.494 e. The Balaban J connectivity index is 1.34. The van der Waals surface area contributed by atoms with Crippen LogP contribution in [0.1, 0.15) is 29.3 Å². The van der Waals surface area contributed by atoms with Gasteiger partial charge in [-0.3, -0.25) is 9.69 Å². The van der Waals surface area contributed by atoms with Crippen molar-refractivity contribution in [1.82, 2.24) is 10.2 Å². The summed E-state index contributed by atoms with van der Waals surface area (Å²) in [5.41, 5.74) is 3.31. The molecule has 2 aromatic carbocycles. The van der Waals surface area contributed by atoms with Gasteiger partial charge in [0.2, 0.25) is 0 Å². The van der Waals surface area contributed by atoms with Crippen molar-refractivity contribution in [3.05, 3.63) is 59.7 Å². The minimum atomic E-state index is -0.0210. The first kappa shape index (κ1) is 20.2. The van der Waals surface area contributed by atoms with Gasteiger partial charge in [-0.2, -0.15) is 0 Å². The molecule has 0 radical (unpaired) electrons. The Morgan fingerprint density at radius 2 is 1.82 bits per heavy atom. The predicted octanol–water partition coefficient (Wildman–Crippen LogP) is 3.34. The summed E-state index contributed by atoms with van der Waals surface area (Å²) >= 11 is 0. The lowest BCUT2D eigenvalue weighted by molar-refractivity contribution is 0.0951. The third-order valence-corrected chi connectivity index (χ3v) is 5.10. The zero-order valence-corrected chi connectivity index (χ0v) is 17.0. The number of aryl methyl sites for hydroxylation is 1. The zero-order chi connectivity index (χ0) is 19.8. The third-order valence-electron chi connectivity index (χ3n) is 5.10. The minimum Gasteiger partial charge on any atom is -0.494 e. The number of amides is 1. The minimum absolute atomic E-state index is 0.0210. The fourth-order valence-corrected chi connectivity index (χ4v) is 3.53. The fourth-order valence-electron chi connectivity index (χ4n) is 3.53. The number of rotatable bonds is 8. The van der Waals surface area contributed by atoms with Crippen molar-refractivity contribution in [3.8, 4) is 5.75 Å². The second kappa shape index (κ2) is 10.1. The van der Waals surface area contributed by atoms with Gasteiger partial charge in [0.25, 0.3) is 5.91 Å². The first-order valence-corrected chi connectivity index (χ1v) is 10.2. The monoisotopic (exact) mass is 381 g/mol.